The zero-order chi connectivity index (χ0) is 12.9. The van der Waals surface area contributed by atoms with Gasteiger partial charge in [0.05, 0.1) is 13.2 Å². The average molecular weight is 252 g/mol. The molecule has 1 fully saturated rings. The molecule has 1 saturated heterocycles. The fourth-order valence-electron chi connectivity index (χ4n) is 2.20. The normalized spacial score (nSPS) is 15.4. The number of hydrogen-bond donors (Lipinski definition) is 0. The molecule has 1 heterocycles. The van der Waals surface area contributed by atoms with E-state index in [2.05, 4.69) is 30.3 Å². The van der Waals surface area contributed by atoms with E-state index in [-0.39, 0.29) is 6.29 Å². The first-order valence-electron chi connectivity index (χ1n) is 6.49. The van der Waals surface area contributed by atoms with E-state index in [0.717, 1.165) is 5.57 Å². The number of rotatable bonds is 3. The van der Waals surface area contributed by atoms with Gasteiger partial charge in [-0.3, -0.25) is 0 Å². The van der Waals surface area contributed by atoms with Crippen LogP contribution in [0.5, 0.6) is 0 Å². The van der Waals surface area contributed by atoms with Crippen molar-refractivity contribution < 1.29 is 9.47 Å². The van der Waals surface area contributed by atoms with Crippen LogP contribution >= 0.6 is 0 Å². The molecule has 0 radical (unpaired) electrons. The monoisotopic (exact) mass is 252 g/mol. The third-order valence-electron chi connectivity index (χ3n) is 3.12. The molecule has 2 aromatic carbocycles. The summed E-state index contributed by atoms with van der Waals surface area (Å²) in [4.78, 5) is 0. The molecule has 96 valence electrons. The standard InChI is InChI=1S/C17H16O2/c1-3-7-14(8-4-1)16(13-17-18-11-12-19-17)15-9-5-2-6-10-15/h1-10,13,17H,11-12H2. The molecule has 3 rings (SSSR count). The second kappa shape index (κ2) is 5.83. The minimum absolute atomic E-state index is 0.240. The van der Waals surface area contributed by atoms with Crippen molar-refractivity contribution in [2.45, 2.75) is 6.29 Å². The van der Waals surface area contributed by atoms with Crippen LogP contribution in [0.15, 0.2) is 66.7 Å². The minimum atomic E-state index is -0.240. The van der Waals surface area contributed by atoms with Crippen LogP contribution < -0.4 is 0 Å². The Morgan fingerprint density at radius 3 is 1.74 bits per heavy atom. The molecule has 0 unspecified atom stereocenters. The minimum Gasteiger partial charge on any atom is -0.347 e. The van der Waals surface area contributed by atoms with Gasteiger partial charge in [0.25, 0.3) is 0 Å². The topological polar surface area (TPSA) is 18.5 Å². The van der Waals surface area contributed by atoms with Crippen LogP contribution in [0.2, 0.25) is 0 Å². The van der Waals surface area contributed by atoms with Gasteiger partial charge in [0, 0.05) is 0 Å². The first-order valence-corrected chi connectivity index (χ1v) is 6.49. The van der Waals surface area contributed by atoms with Crippen molar-refractivity contribution >= 4 is 5.57 Å². The van der Waals surface area contributed by atoms with Crippen LogP contribution in [-0.4, -0.2) is 19.5 Å². The van der Waals surface area contributed by atoms with Gasteiger partial charge in [-0.2, -0.15) is 0 Å². The maximum atomic E-state index is 5.53. The summed E-state index contributed by atoms with van der Waals surface area (Å²) in [7, 11) is 0. The molecule has 0 bridgehead atoms. The summed E-state index contributed by atoms with van der Waals surface area (Å²) in [5.74, 6) is 0. The highest BCUT2D eigenvalue weighted by molar-refractivity contribution is 5.79. The Morgan fingerprint density at radius 2 is 1.26 bits per heavy atom. The fraction of sp³-hybridized carbons (Fsp3) is 0.176. The molecule has 0 aliphatic carbocycles. The van der Waals surface area contributed by atoms with Crippen molar-refractivity contribution in [3.05, 3.63) is 77.9 Å². The van der Waals surface area contributed by atoms with Crippen molar-refractivity contribution in [2.24, 2.45) is 0 Å². The quantitative estimate of drug-likeness (QED) is 0.832. The molecule has 0 spiro atoms. The van der Waals surface area contributed by atoms with Gasteiger partial charge in [-0.1, -0.05) is 60.7 Å². The van der Waals surface area contributed by atoms with Crippen LogP contribution in [0.25, 0.3) is 5.57 Å². The van der Waals surface area contributed by atoms with E-state index in [1.54, 1.807) is 0 Å². The maximum Gasteiger partial charge on any atom is 0.177 e. The molecule has 0 atom stereocenters. The highest BCUT2D eigenvalue weighted by atomic mass is 16.7. The lowest BCUT2D eigenvalue weighted by Crippen LogP contribution is -2.04. The largest absolute Gasteiger partial charge is 0.347 e. The van der Waals surface area contributed by atoms with Crippen LogP contribution in [0.4, 0.5) is 0 Å². The lowest BCUT2D eigenvalue weighted by molar-refractivity contribution is -0.00113. The van der Waals surface area contributed by atoms with E-state index in [4.69, 9.17) is 9.47 Å². The Balaban J connectivity index is 2.01. The van der Waals surface area contributed by atoms with Gasteiger partial charge in [-0.25, -0.2) is 0 Å². The Bertz CT molecular complexity index is 498. The molecule has 0 saturated carbocycles. The first-order chi connectivity index (χ1) is 9.43. The molecule has 2 aromatic rings. The maximum absolute atomic E-state index is 5.53. The summed E-state index contributed by atoms with van der Waals surface area (Å²) in [6.45, 7) is 1.33. The van der Waals surface area contributed by atoms with Crippen LogP contribution in [0.1, 0.15) is 11.1 Å². The highest BCUT2D eigenvalue weighted by Gasteiger charge is 2.15. The van der Waals surface area contributed by atoms with Gasteiger partial charge in [0.1, 0.15) is 0 Å². The Labute approximate surface area is 113 Å². The third kappa shape index (κ3) is 2.92. The van der Waals surface area contributed by atoms with E-state index in [0.29, 0.717) is 13.2 Å². The predicted octanol–water partition coefficient (Wildman–Crippen LogP) is 3.49. The summed E-state index contributed by atoms with van der Waals surface area (Å²) in [6, 6.07) is 20.6. The van der Waals surface area contributed by atoms with Gasteiger partial charge in [-0.15, -0.1) is 0 Å². The molecule has 0 N–H and O–H groups in total. The van der Waals surface area contributed by atoms with Crippen molar-refractivity contribution in [2.75, 3.05) is 13.2 Å². The zero-order valence-corrected chi connectivity index (χ0v) is 10.7. The third-order valence-corrected chi connectivity index (χ3v) is 3.12. The summed E-state index contributed by atoms with van der Waals surface area (Å²) in [5.41, 5.74) is 3.49. The molecule has 1 aliphatic heterocycles. The van der Waals surface area contributed by atoms with Gasteiger partial charge in [0.15, 0.2) is 6.29 Å². The Kier molecular flexibility index (Phi) is 3.73. The van der Waals surface area contributed by atoms with E-state index in [9.17, 15) is 0 Å². The lowest BCUT2D eigenvalue weighted by atomic mass is 9.97. The van der Waals surface area contributed by atoms with Gasteiger partial charge >= 0.3 is 0 Å². The van der Waals surface area contributed by atoms with Crippen molar-refractivity contribution in [3.63, 3.8) is 0 Å². The average Bonchev–Trinajstić information content (AvgIpc) is 3.00. The molecule has 0 amide bonds. The van der Waals surface area contributed by atoms with E-state index >= 15 is 0 Å². The Morgan fingerprint density at radius 1 is 0.789 bits per heavy atom. The number of benzene rings is 2. The SMILES string of the molecule is C(=C(c1ccccc1)c1ccccc1)C1OCCO1. The summed E-state index contributed by atoms with van der Waals surface area (Å²) in [5, 5.41) is 0. The van der Waals surface area contributed by atoms with Crippen molar-refractivity contribution in [3.8, 4) is 0 Å². The molecule has 0 aromatic heterocycles. The molecule has 2 heteroatoms. The van der Waals surface area contributed by atoms with Gasteiger partial charge < -0.3 is 9.47 Å². The van der Waals surface area contributed by atoms with E-state index in [1.807, 2.05) is 36.4 Å². The molecular weight excluding hydrogens is 236 g/mol. The second-order valence-electron chi connectivity index (χ2n) is 4.42. The second-order valence-corrected chi connectivity index (χ2v) is 4.42. The summed E-state index contributed by atoms with van der Waals surface area (Å²) >= 11 is 0. The number of hydrogen-bond acceptors (Lipinski definition) is 2. The molecule has 2 nitrogen and oxygen atoms in total. The highest BCUT2D eigenvalue weighted by Crippen LogP contribution is 2.25. The smallest absolute Gasteiger partial charge is 0.177 e. The van der Waals surface area contributed by atoms with Gasteiger partial charge in [-0.05, 0) is 22.8 Å². The Hall–Kier alpha value is -1.90. The molecule has 19 heavy (non-hydrogen) atoms. The summed E-state index contributed by atoms with van der Waals surface area (Å²) in [6.07, 6.45) is 1.81. The van der Waals surface area contributed by atoms with Crippen molar-refractivity contribution in [1.29, 1.82) is 0 Å². The van der Waals surface area contributed by atoms with Crippen LogP contribution in [0.3, 0.4) is 0 Å². The van der Waals surface area contributed by atoms with Crippen LogP contribution in [-0.2, 0) is 9.47 Å². The lowest BCUT2D eigenvalue weighted by Gasteiger charge is -2.11. The van der Waals surface area contributed by atoms with E-state index in [1.165, 1.54) is 11.1 Å². The van der Waals surface area contributed by atoms with Gasteiger partial charge in [0.2, 0.25) is 0 Å². The molecule has 1 aliphatic rings. The zero-order valence-electron chi connectivity index (χ0n) is 10.7. The van der Waals surface area contributed by atoms with E-state index < -0.39 is 0 Å². The van der Waals surface area contributed by atoms with Crippen LogP contribution in [0, 0.1) is 0 Å². The van der Waals surface area contributed by atoms with Crippen molar-refractivity contribution in [1.82, 2.24) is 0 Å². The predicted molar refractivity (Wildman–Crippen MR) is 75.7 cm³/mol. The number of ether oxygens (including phenoxy) is 2. The molecular formula is C17H16O2. The summed E-state index contributed by atoms with van der Waals surface area (Å²) < 4.78 is 11.1. The fourth-order valence-corrected chi connectivity index (χ4v) is 2.20. The first kappa shape index (κ1) is 12.2.